The van der Waals surface area contributed by atoms with Gasteiger partial charge in [-0.1, -0.05) is 32.4 Å². The van der Waals surface area contributed by atoms with E-state index in [2.05, 4.69) is 13.8 Å². The van der Waals surface area contributed by atoms with Crippen molar-refractivity contribution in [1.82, 2.24) is 0 Å². The Kier molecular flexibility index (Phi) is 7.03. The number of carbonyl (C=O) groups is 1. The van der Waals surface area contributed by atoms with E-state index in [0.717, 1.165) is 17.5 Å². The fourth-order valence-electron chi connectivity index (χ4n) is 2.41. The molecule has 1 atom stereocenters. The van der Waals surface area contributed by atoms with E-state index in [0.29, 0.717) is 29.7 Å². The summed E-state index contributed by atoms with van der Waals surface area (Å²) in [6.45, 7) is 8.42. The van der Waals surface area contributed by atoms with E-state index in [4.69, 9.17) is 21.1 Å². The third kappa shape index (κ3) is 4.63. The summed E-state index contributed by atoms with van der Waals surface area (Å²) in [4.78, 5) is 12.1. The Morgan fingerprint density at radius 1 is 1.29 bits per heavy atom. The lowest BCUT2D eigenvalue weighted by molar-refractivity contribution is -0.145. The lowest BCUT2D eigenvalue weighted by atomic mass is 9.92. The van der Waals surface area contributed by atoms with Crippen LogP contribution in [-0.2, 0) is 16.0 Å². The normalized spacial score (nSPS) is 12.3. The molecule has 0 aliphatic heterocycles. The summed E-state index contributed by atoms with van der Waals surface area (Å²) < 4.78 is 10.6. The standard InChI is InChI=1S/C17H25ClO3/c1-6-13(17(19)21-7-2)14-10-15(18)12(8-11(3)4)9-16(14)20-5/h9-11,13H,6-8H2,1-5H3. The molecule has 4 heteroatoms. The molecule has 0 amide bonds. The second kappa shape index (κ2) is 8.28. The smallest absolute Gasteiger partial charge is 0.313 e. The molecule has 21 heavy (non-hydrogen) atoms. The molecule has 1 unspecified atom stereocenters. The molecule has 0 N–H and O–H groups in total. The van der Waals surface area contributed by atoms with Crippen LogP contribution in [0.5, 0.6) is 5.75 Å². The maximum absolute atomic E-state index is 12.1. The van der Waals surface area contributed by atoms with Gasteiger partial charge in [-0.25, -0.2) is 0 Å². The average Bonchev–Trinajstić information content (AvgIpc) is 2.42. The van der Waals surface area contributed by atoms with Gasteiger partial charge in [0, 0.05) is 10.6 Å². The molecule has 3 nitrogen and oxygen atoms in total. The quantitative estimate of drug-likeness (QED) is 0.690. The van der Waals surface area contributed by atoms with Crippen LogP contribution in [0.3, 0.4) is 0 Å². The predicted molar refractivity (Wildman–Crippen MR) is 86.2 cm³/mol. The van der Waals surface area contributed by atoms with Gasteiger partial charge in [-0.05, 0) is 43.4 Å². The number of carbonyl (C=O) groups excluding carboxylic acids is 1. The first-order valence-corrected chi connectivity index (χ1v) is 7.85. The van der Waals surface area contributed by atoms with E-state index in [1.54, 1.807) is 14.0 Å². The van der Waals surface area contributed by atoms with Gasteiger partial charge in [0.15, 0.2) is 0 Å². The predicted octanol–water partition coefficient (Wildman–Crippen LogP) is 4.60. The molecule has 1 aromatic carbocycles. The number of rotatable bonds is 7. The molecule has 1 aromatic rings. The molecule has 118 valence electrons. The van der Waals surface area contributed by atoms with Gasteiger partial charge in [0.1, 0.15) is 5.75 Å². The molecule has 0 radical (unpaired) electrons. The molecule has 0 heterocycles. The zero-order valence-electron chi connectivity index (χ0n) is 13.5. The summed E-state index contributed by atoms with van der Waals surface area (Å²) in [5.41, 5.74) is 1.85. The molecular formula is C17H25ClO3. The molecular weight excluding hydrogens is 288 g/mol. The van der Waals surface area contributed by atoms with Crippen LogP contribution >= 0.6 is 11.6 Å². The lowest BCUT2D eigenvalue weighted by Crippen LogP contribution is -2.16. The van der Waals surface area contributed by atoms with Crippen molar-refractivity contribution in [2.75, 3.05) is 13.7 Å². The van der Waals surface area contributed by atoms with Gasteiger partial charge in [0.2, 0.25) is 0 Å². The minimum atomic E-state index is -0.342. The van der Waals surface area contributed by atoms with Crippen molar-refractivity contribution in [3.63, 3.8) is 0 Å². The lowest BCUT2D eigenvalue weighted by Gasteiger charge is -2.19. The number of esters is 1. The SMILES string of the molecule is CCOC(=O)C(CC)c1cc(Cl)c(CC(C)C)cc1OC. The van der Waals surface area contributed by atoms with Crippen LogP contribution in [0.1, 0.15) is 51.2 Å². The Morgan fingerprint density at radius 3 is 2.43 bits per heavy atom. The number of hydrogen-bond acceptors (Lipinski definition) is 3. The van der Waals surface area contributed by atoms with Crippen LogP contribution < -0.4 is 4.74 Å². The topological polar surface area (TPSA) is 35.5 Å². The van der Waals surface area contributed by atoms with Crippen LogP contribution in [0.2, 0.25) is 5.02 Å². The minimum absolute atomic E-state index is 0.231. The Morgan fingerprint density at radius 2 is 1.95 bits per heavy atom. The molecule has 0 aliphatic rings. The molecule has 0 saturated heterocycles. The summed E-state index contributed by atoms with van der Waals surface area (Å²) >= 11 is 6.38. The van der Waals surface area contributed by atoms with E-state index in [-0.39, 0.29) is 11.9 Å². The molecule has 0 spiro atoms. The first-order valence-electron chi connectivity index (χ1n) is 7.47. The number of benzene rings is 1. The molecule has 0 fully saturated rings. The summed E-state index contributed by atoms with van der Waals surface area (Å²) in [6, 6.07) is 3.79. The van der Waals surface area contributed by atoms with E-state index in [1.165, 1.54) is 0 Å². The maximum Gasteiger partial charge on any atom is 0.313 e. The Hall–Kier alpha value is -1.22. The third-order valence-electron chi connectivity index (χ3n) is 3.38. The Labute approximate surface area is 132 Å². The van der Waals surface area contributed by atoms with E-state index >= 15 is 0 Å². The van der Waals surface area contributed by atoms with Crippen molar-refractivity contribution < 1.29 is 14.3 Å². The fraction of sp³-hybridized carbons (Fsp3) is 0.588. The number of methoxy groups -OCH3 is 1. The van der Waals surface area contributed by atoms with Gasteiger partial charge in [-0.15, -0.1) is 0 Å². The van der Waals surface area contributed by atoms with Gasteiger partial charge < -0.3 is 9.47 Å². The van der Waals surface area contributed by atoms with Gasteiger partial charge in [0.25, 0.3) is 0 Å². The first kappa shape index (κ1) is 17.8. The van der Waals surface area contributed by atoms with Crippen molar-refractivity contribution in [3.8, 4) is 5.75 Å². The van der Waals surface area contributed by atoms with Gasteiger partial charge in [-0.3, -0.25) is 4.79 Å². The van der Waals surface area contributed by atoms with Crippen LogP contribution in [0.4, 0.5) is 0 Å². The van der Waals surface area contributed by atoms with Crippen LogP contribution in [0, 0.1) is 5.92 Å². The monoisotopic (exact) mass is 312 g/mol. The van der Waals surface area contributed by atoms with Crippen LogP contribution in [-0.4, -0.2) is 19.7 Å². The fourth-order valence-corrected chi connectivity index (χ4v) is 2.66. The molecule has 0 aromatic heterocycles. The van der Waals surface area contributed by atoms with Gasteiger partial charge >= 0.3 is 5.97 Å². The highest BCUT2D eigenvalue weighted by atomic mass is 35.5. The van der Waals surface area contributed by atoms with Crippen molar-refractivity contribution >= 4 is 17.6 Å². The zero-order valence-corrected chi connectivity index (χ0v) is 14.3. The second-order valence-electron chi connectivity index (χ2n) is 5.50. The molecule has 0 bridgehead atoms. The number of ether oxygens (including phenoxy) is 2. The van der Waals surface area contributed by atoms with Crippen LogP contribution in [0.25, 0.3) is 0 Å². The van der Waals surface area contributed by atoms with E-state index in [1.807, 2.05) is 19.1 Å². The minimum Gasteiger partial charge on any atom is -0.496 e. The summed E-state index contributed by atoms with van der Waals surface area (Å²) in [7, 11) is 1.61. The largest absolute Gasteiger partial charge is 0.496 e. The summed E-state index contributed by atoms with van der Waals surface area (Å²) in [6.07, 6.45) is 1.53. The van der Waals surface area contributed by atoms with Crippen molar-refractivity contribution in [3.05, 3.63) is 28.3 Å². The van der Waals surface area contributed by atoms with E-state index in [9.17, 15) is 4.79 Å². The zero-order chi connectivity index (χ0) is 16.0. The van der Waals surface area contributed by atoms with E-state index < -0.39 is 0 Å². The molecule has 1 rings (SSSR count). The maximum atomic E-state index is 12.1. The highest BCUT2D eigenvalue weighted by molar-refractivity contribution is 6.31. The molecule has 0 saturated carbocycles. The average molecular weight is 313 g/mol. The number of halogens is 1. The van der Waals surface area contributed by atoms with Crippen molar-refractivity contribution in [1.29, 1.82) is 0 Å². The third-order valence-corrected chi connectivity index (χ3v) is 3.73. The summed E-state index contributed by atoms with van der Waals surface area (Å²) in [5, 5.41) is 0.683. The first-order chi connectivity index (χ1) is 9.94. The Bertz CT molecular complexity index is 483. The van der Waals surface area contributed by atoms with Crippen LogP contribution in [0.15, 0.2) is 12.1 Å². The highest BCUT2D eigenvalue weighted by Crippen LogP contribution is 2.35. The van der Waals surface area contributed by atoms with Crippen molar-refractivity contribution in [2.24, 2.45) is 5.92 Å². The summed E-state index contributed by atoms with van der Waals surface area (Å²) in [5.74, 6) is 0.636. The Balaban J connectivity index is 3.22. The van der Waals surface area contributed by atoms with Crippen molar-refractivity contribution in [2.45, 2.75) is 46.5 Å². The van der Waals surface area contributed by atoms with Gasteiger partial charge in [0.05, 0.1) is 19.6 Å². The second-order valence-corrected chi connectivity index (χ2v) is 5.90. The van der Waals surface area contributed by atoms with Gasteiger partial charge in [-0.2, -0.15) is 0 Å². The molecule has 0 aliphatic carbocycles. The number of hydrogen-bond donors (Lipinski definition) is 0. The highest BCUT2D eigenvalue weighted by Gasteiger charge is 2.25.